The van der Waals surface area contributed by atoms with Crippen LogP contribution in [0.1, 0.15) is 39.5 Å². The third-order valence-electron chi connectivity index (χ3n) is 5.03. The number of benzene rings is 2. The van der Waals surface area contributed by atoms with E-state index in [-0.39, 0.29) is 16.4 Å². The number of nitrogens with zero attached hydrogens (tertiary/aromatic N) is 2. The maximum Gasteiger partial charge on any atom is 0.270 e. The molecule has 0 saturated heterocycles. The van der Waals surface area contributed by atoms with Crippen molar-refractivity contribution in [3.8, 4) is 5.75 Å². The summed E-state index contributed by atoms with van der Waals surface area (Å²) in [6.45, 7) is 5.30. The molecule has 0 bridgehead atoms. The van der Waals surface area contributed by atoms with Gasteiger partial charge in [-0.15, -0.1) is 0 Å². The molecule has 1 unspecified atom stereocenters. The summed E-state index contributed by atoms with van der Waals surface area (Å²) in [5.41, 5.74) is 2.08. The Bertz CT molecular complexity index is 914. The molecule has 3 rings (SSSR count). The molecule has 5 heteroatoms. The second-order valence-corrected chi connectivity index (χ2v) is 6.69. The summed E-state index contributed by atoms with van der Waals surface area (Å²) in [4.78, 5) is 10.8. The highest BCUT2D eigenvalue weighted by atomic mass is 16.6. The largest absolute Gasteiger partial charge is 0.508 e. The predicted octanol–water partition coefficient (Wildman–Crippen LogP) is 5.62. The second-order valence-electron chi connectivity index (χ2n) is 6.69. The summed E-state index contributed by atoms with van der Waals surface area (Å²) in [5.74, 6) is 0.749. The smallest absolute Gasteiger partial charge is 0.270 e. The molecular weight excluding hydrogens is 316 g/mol. The lowest BCUT2D eigenvalue weighted by molar-refractivity contribution is -0.384. The number of phenolic OH excluding ortho intramolecular Hbond substituents is 1. The number of hydrogen-bond acceptors (Lipinski definition) is 3. The predicted molar refractivity (Wildman–Crippen MR) is 101 cm³/mol. The quantitative estimate of drug-likeness (QED) is 0.448. The lowest BCUT2D eigenvalue weighted by Crippen LogP contribution is -2.10. The number of hydrogen-bond donors (Lipinski definition) is 1. The van der Waals surface area contributed by atoms with Crippen molar-refractivity contribution in [3.05, 3.63) is 46.5 Å². The molecule has 1 N–H and O–H groups in total. The van der Waals surface area contributed by atoms with Crippen LogP contribution >= 0.6 is 0 Å². The Morgan fingerprint density at radius 1 is 1.12 bits per heavy atom. The van der Waals surface area contributed by atoms with Gasteiger partial charge in [0.25, 0.3) is 5.69 Å². The Morgan fingerprint density at radius 2 is 1.80 bits per heavy atom. The van der Waals surface area contributed by atoms with Crippen molar-refractivity contribution in [3.63, 3.8) is 0 Å². The fourth-order valence-corrected chi connectivity index (χ4v) is 3.57. The average Bonchev–Trinajstić information content (AvgIpc) is 2.90. The number of nitro groups is 1. The molecule has 0 aliphatic rings. The van der Waals surface area contributed by atoms with E-state index >= 15 is 0 Å². The number of aromatic hydroxyl groups is 1. The van der Waals surface area contributed by atoms with Crippen molar-refractivity contribution in [2.75, 3.05) is 0 Å². The molecule has 0 radical (unpaired) electrons. The molecule has 25 heavy (non-hydrogen) atoms. The van der Waals surface area contributed by atoms with Gasteiger partial charge in [-0.1, -0.05) is 33.1 Å². The van der Waals surface area contributed by atoms with Crippen LogP contribution in [0.15, 0.2) is 36.4 Å². The molecule has 0 aliphatic heterocycles. The van der Waals surface area contributed by atoms with E-state index in [1.54, 1.807) is 24.3 Å². The van der Waals surface area contributed by atoms with Crippen LogP contribution in [-0.4, -0.2) is 14.6 Å². The zero-order chi connectivity index (χ0) is 18.0. The van der Waals surface area contributed by atoms with Crippen LogP contribution in [0.5, 0.6) is 5.75 Å². The molecule has 1 aromatic heterocycles. The van der Waals surface area contributed by atoms with E-state index < -0.39 is 0 Å². The van der Waals surface area contributed by atoms with Crippen LogP contribution in [-0.2, 0) is 6.54 Å². The maximum absolute atomic E-state index is 11.1. The Hall–Kier alpha value is -2.56. The molecule has 0 saturated carbocycles. The maximum atomic E-state index is 11.1. The Kier molecular flexibility index (Phi) is 4.93. The van der Waals surface area contributed by atoms with Crippen molar-refractivity contribution < 1.29 is 10.0 Å². The summed E-state index contributed by atoms with van der Waals surface area (Å²) >= 11 is 0. The van der Waals surface area contributed by atoms with Gasteiger partial charge in [0.15, 0.2) is 0 Å². The number of unbranched alkanes of at least 4 members (excludes halogenated alkanes) is 1. The van der Waals surface area contributed by atoms with E-state index in [0.29, 0.717) is 5.92 Å². The van der Waals surface area contributed by atoms with Gasteiger partial charge in [0.1, 0.15) is 5.75 Å². The molecule has 0 fully saturated rings. The highest BCUT2D eigenvalue weighted by molar-refractivity contribution is 6.09. The van der Waals surface area contributed by atoms with Gasteiger partial charge in [0, 0.05) is 40.5 Å². The second kappa shape index (κ2) is 7.13. The number of fused-ring (bicyclic) bond motifs is 3. The SMILES string of the molecule is CCCCC(CC)Cn1c2ccc(O)cc2c2cc([N+](=O)[O-])ccc21. The van der Waals surface area contributed by atoms with Crippen LogP contribution in [0, 0.1) is 16.0 Å². The monoisotopic (exact) mass is 340 g/mol. The molecular formula is C20H24N2O3. The van der Waals surface area contributed by atoms with Crippen LogP contribution in [0.4, 0.5) is 5.69 Å². The normalized spacial score (nSPS) is 12.7. The molecule has 0 amide bonds. The number of non-ortho nitro benzene ring substituents is 1. The van der Waals surface area contributed by atoms with Gasteiger partial charge in [-0.25, -0.2) is 0 Å². The molecule has 0 spiro atoms. The summed E-state index contributed by atoms with van der Waals surface area (Å²) < 4.78 is 2.25. The Morgan fingerprint density at radius 3 is 2.44 bits per heavy atom. The molecule has 1 heterocycles. The first-order valence-electron chi connectivity index (χ1n) is 8.94. The van der Waals surface area contributed by atoms with E-state index in [1.807, 2.05) is 12.1 Å². The van der Waals surface area contributed by atoms with E-state index in [9.17, 15) is 15.2 Å². The summed E-state index contributed by atoms with van der Waals surface area (Å²) in [7, 11) is 0. The van der Waals surface area contributed by atoms with Crippen LogP contribution < -0.4 is 0 Å². The van der Waals surface area contributed by atoms with Crippen molar-refractivity contribution in [2.45, 2.75) is 46.1 Å². The minimum Gasteiger partial charge on any atom is -0.508 e. The molecule has 0 aliphatic carbocycles. The minimum absolute atomic E-state index is 0.0768. The lowest BCUT2D eigenvalue weighted by atomic mass is 9.99. The van der Waals surface area contributed by atoms with Crippen molar-refractivity contribution >= 4 is 27.5 Å². The first kappa shape index (κ1) is 17.3. The third kappa shape index (κ3) is 3.31. The Balaban J connectivity index is 2.16. The van der Waals surface area contributed by atoms with Gasteiger partial charge in [-0.05, 0) is 36.6 Å². The lowest BCUT2D eigenvalue weighted by Gasteiger charge is -2.17. The zero-order valence-corrected chi connectivity index (χ0v) is 14.7. The first-order chi connectivity index (χ1) is 12.0. The zero-order valence-electron chi connectivity index (χ0n) is 14.7. The number of phenols is 1. The van der Waals surface area contributed by atoms with Crippen molar-refractivity contribution in [1.82, 2.24) is 4.57 Å². The number of nitro benzene ring substituents is 1. The van der Waals surface area contributed by atoms with Gasteiger partial charge in [0.2, 0.25) is 0 Å². The summed E-state index contributed by atoms with van der Waals surface area (Å²) in [5, 5.41) is 22.7. The topological polar surface area (TPSA) is 68.3 Å². The van der Waals surface area contributed by atoms with Crippen molar-refractivity contribution in [2.24, 2.45) is 5.92 Å². The summed E-state index contributed by atoms with van der Waals surface area (Å²) in [6.07, 6.45) is 4.68. The van der Waals surface area contributed by atoms with E-state index in [2.05, 4.69) is 18.4 Å². The molecule has 1 atom stereocenters. The molecule has 3 aromatic rings. The van der Waals surface area contributed by atoms with E-state index in [1.165, 1.54) is 19.3 Å². The van der Waals surface area contributed by atoms with Gasteiger partial charge in [-0.2, -0.15) is 0 Å². The standard InChI is InChI=1S/C20H24N2O3/c1-3-5-6-14(4-2)13-21-19-9-7-15(22(24)25)11-17(19)18-12-16(23)8-10-20(18)21/h7-12,14,23H,3-6,13H2,1-2H3. The highest BCUT2D eigenvalue weighted by Crippen LogP contribution is 2.34. The van der Waals surface area contributed by atoms with Crippen LogP contribution in [0.3, 0.4) is 0 Å². The molecule has 5 nitrogen and oxygen atoms in total. The summed E-state index contributed by atoms with van der Waals surface area (Å²) in [6, 6.07) is 10.3. The molecule has 2 aromatic carbocycles. The van der Waals surface area contributed by atoms with Gasteiger partial charge < -0.3 is 9.67 Å². The van der Waals surface area contributed by atoms with Crippen LogP contribution in [0.25, 0.3) is 21.8 Å². The number of aromatic nitrogens is 1. The van der Waals surface area contributed by atoms with Crippen LogP contribution in [0.2, 0.25) is 0 Å². The Labute approximate surface area is 147 Å². The fourth-order valence-electron chi connectivity index (χ4n) is 3.57. The minimum atomic E-state index is -0.374. The number of rotatable bonds is 7. The van der Waals surface area contributed by atoms with Gasteiger partial charge in [-0.3, -0.25) is 10.1 Å². The van der Waals surface area contributed by atoms with E-state index in [4.69, 9.17) is 0 Å². The average molecular weight is 340 g/mol. The first-order valence-corrected chi connectivity index (χ1v) is 8.94. The fraction of sp³-hybridized carbons (Fsp3) is 0.400. The van der Waals surface area contributed by atoms with Crippen molar-refractivity contribution in [1.29, 1.82) is 0 Å². The third-order valence-corrected chi connectivity index (χ3v) is 5.03. The molecule has 132 valence electrons. The van der Waals surface area contributed by atoms with Gasteiger partial charge in [0.05, 0.1) is 4.92 Å². The van der Waals surface area contributed by atoms with E-state index in [0.717, 1.165) is 34.8 Å². The van der Waals surface area contributed by atoms with Gasteiger partial charge >= 0.3 is 0 Å². The highest BCUT2D eigenvalue weighted by Gasteiger charge is 2.17.